The molecule has 1 aliphatic rings. The lowest BCUT2D eigenvalue weighted by Gasteiger charge is -2.22. The van der Waals surface area contributed by atoms with Crippen LogP contribution in [0.5, 0.6) is 0 Å². The van der Waals surface area contributed by atoms with Crippen LogP contribution in [0.25, 0.3) is 0 Å². The van der Waals surface area contributed by atoms with Gasteiger partial charge in [-0.25, -0.2) is 0 Å². The third kappa shape index (κ3) is 5.30. The Morgan fingerprint density at radius 1 is 1.21 bits per heavy atom. The summed E-state index contributed by atoms with van der Waals surface area (Å²) in [6, 6.07) is 8.12. The molecule has 0 atom stereocenters. The number of nitrogens with one attached hydrogen (secondary N) is 1. The Bertz CT molecular complexity index is 367. The molecule has 1 saturated heterocycles. The molecule has 0 radical (unpaired) electrons. The average Bonchev–Trinajstić information content (AvgIpc) is 2.70. The van der Waals surface area contributed by atoms with Crippen LogP contribution < -0.4 is 16.0 Å². The van der Waals surface area contributed by atoms with Gasteiger partial charge in [0.05, 0.1) is 6.42 Å². The van der Waals surface area contributed by atoms with Crippen LogP contribution in [0.4, 0.5) is 5.69 Å². The molecule has 0 bridgehead atoms. The fourth-order valence-electron chi connectivity index (χ4n) is 2.13. The van der Waals surface area contributed by atoms with Gasteiger partial charge in [0, 0.05) is 25.3 Å². The Morgan fingerprint density at radius 2 is 1.89 bits per heavy atom. The van der Waals surface area contributed by atoms with Crippen LogP contribution in [-0.2, 0) is 11.2 Å². The van der Waals surface area contributed by atoms with Crippen molar-refractivity contribution in [3.8, 4) is 0 Å². The third-order valence-corrected chi connectivity index (χ3v) is 3.02. The minimum absolute atomic E-state index is 0.281. The molecule has 106 valence electrons. The number of primary amides is 1. The maximum absolute atomic E-state index is 10.8. The summed E-state index contributed by atoms with van der Waals surface area (Å²) in [5.41, 5.74) is 7.37. The number of hydrogen-bond acceptors (Lipinski definition) is 3. The summed E-state index contributed by atoms with van der Waals surface area (Å²) in [6.45, 7) is 8.25. The van der Waals surface area contributed by atoms with Gasteiger partial charge < -0.3 is 16.0 Å². The van der Waals surface area contributed by atoms with Crippen LogP contribution in [0.15, 0.2) is 24.3 Å². The van der Waals surface area contributed by atoms with Crippen molar-refractivity contribution in [3.63, 3.8) is 0 Å². The Labute approximate surface area is 116 Å². The van der Waals surface area contributed by atoms with Crippen molar-refractivity contribution in [2.75, 3.05) is 31.1 Å². The maximum Gasteiger partial charge on any atom is 0.221 e. The second kappa shape index (κ2) is 8.53. The highest BCUT2D eigenvalue weighted by molar-refractivity contribution is 5.76. The van der Waals surface area contributed by atoms with E-state index in [9.17, 15) is 4.79 Å². The molecule has 1 heterocycles. The van der Waals surface area contributed by atoms with E-state index in [0.717, 1.165) is 31.7 Å². The number of nitrogens with zero attached hydrogens (tertiary/aromatic N) is 1. The maximum atomic E-state index is 10.8. The molecule has 0 unspecified atom stereocenters. The second-order valence-electron chi connectivity index (χ2n) is 4.40. The van der Waals surface area contributed by atoms with Gasteiger partial charge in [0.2, 0.25) is 5.91 Å². The van der Waals surface area contributed by atoms with E-state index in [1.54, 1.807) is 0 Å². The smallest absolute Gasteiger partial charge is 0.221 e. The second-order valence-corrected chi connectivity index (χ2v) is 4.40. The van der Waals surface area contributed by atoms with E-state index in [0.29, 0.717) is 6.42 Å². The van der Waals surface area contributed by atoms with Crippen molar-refractivity contribution in [2.24, 2.45) is 5.73 Å². The zero-order chi connectivity index (χ0) is 14.1. The van der Waals surface area contributed by atoms with E-state index in [1.165, 1.54) is 12.1 Å². The summed E-state index contributed by atoms with van der Waals surface area (Å²) in [5, 5.41) is 3.38. The van der Waals surface area contributed by atoms with Gasteiger partial charge in [-0.2, -0.15) is 0 Å². The van der Waals surface area contributed by atoms with Gasteiger partial charge in [-0.05, 0) is 30.7 Å². The van der Waals surface area contributed by atoms with Crippen LogP contribution >= 0.6 is 0 Å². The summed E-state index contributed by atoms with van der Waals surface area (Å²) in [6.07, 6.45) is 1.49. The number of carbonyl (C=O) groups is 1. The molecule has 1 amide bonds. The Kier molecular flexibility index (Phi) is 6.97. The molecular weight excluding hydrogens is 238 g/mol. The molecule has 19 heavy (non-hydrogen) atoms. The Hall–Kier alpha value is -1.55. The quantitative estimate of drug-likeness (QED) is 0.869. The lowest BCUT2D eigenvalue weighted by atomic mass is 10.1. The van der Waals surface area contributed by atoms with Crippen molar-refractivity contribution >= 4 is 11.6 Å². The van der Waals surface area contributed by atoms with E-state index < -0.39 is 0 Å². The molecule has 1 aliphatic heterocycles. The number of anilines is 1. The third-order valence-electron chi connectivity index (χ3n) is 3.02. The van der Waals surface area contributed by atoms with Crippen LogP contribution in [0.2, 0.25) is 0 Å². The monoisotopic (exact) mass is 263 g/mol. The van der Waals surface area contributed by atoms with E-state index >= 15 is 0 Å². The summed E-state index contributed by atoms with van der Waals surface area (Å²) < 4.78 is 0. The summed E-state index contributed by atoms with van der Waals surface area (Å²) in [4.78, 5) is 13.2. The number of carbonyl (C=O) groups excluding carboxylic acids is 1. The molecule has 1 aromatic carbocycles. The standard InChI is InChI=1S/C13H19N3O.C2H6/c14-13(17)10-11-2-4-12(5-3-11)16-8-1-6-15-7-9-16;1-2/h2-5,15H,1,6-10H2,(H2,14,17);1-2H3. The largest absolute Gasteiger partial charge is 0.370 e. The summed E-state index contributed by atoms with van der Waals surface area (Å²) >= 11 is 0. The minimum atomic E-state index is -0.281. The molecule has 0 saturated carbocycles. The van der Waals surface area contributed by atoms with Crippen molar-refractivity contribution in [1.29, 1.82) is 0 Å². The first kappa shape index (κ1) is 15.5. The van der Waals surface area contributed by atoms with Crippen molar-refractivity contribution in [2.45, 2.75) is 26.7 Å². The highest BCUT2D eigenvalue weighted by Crippen LogP contribution is 2.16. The van der Waals surface area contributed by atoms with Crippen LogP contribution in [0.1, 0.15) is 25.8 Å². The molecule has 4 heteroatoms. The molecule has 1 aromatic rings. The predicted molar refractivity (Wildman–Crippen MR) is 80.4 cm³/mol. The van der Waals surface area contributed by atoms with Gasteiger partial charge in [-0.3, -0.25) is 4.79 Å². The first-order valence-electron chi connectivity index (χ1n) is 7.08. The Morgan fingerprint density at radius 3 is 2.53 bits per heavy atom. The first-order chi connectivity index (χ1) is 9.25. The van der Waals surface area contributed by atoms with Gasteiger partial charge in [0.15, 0.2) is 0 Å². The normalized spacial score (nSPS) is 15.2. The van der Waals surface area contributed by atoms with Crippen LogP contribution in [0, 0.1) is 0 Å². The van der Waals surface area contributed by atoms with Crippen molar-refractivity contribution in [1.82, 2.24) is 5.32 Å². The molecule has 3 N–H and O–H groups in total. The van der Waals surface area contributed by atoms with Crippen LogP contribution in [0.3, 0.4) is 0 Å². The number of rotatable bonds is 3. The number of amides is 1. The van der Waals surface area contributed by atoms with Crippen LogP contribution in [-0.4, -0.2) is 32.1 Å². The van der Waals surface area contributed by atoms with Crippen molar-refractivity contribution < 1.29 is 4.79 Å². The topological polar surface area (TPSA) is 58.4 Å². The lowest BCUT2D eigenvalue weighted by Crippen LogP contribution is -2.27. The molecule has 4 nitrogen and oxygen atoms in total. The number of nitrogens with two attached hydrogens (primary N) is 1. The SMILES string of the molecule is CC.NC(=O)Cc1ccc(N2CCCNCC2)cc1. The number of benzene rings is 1. The van der Waals surface area contributed by atoms with Crippen molar-refractivity contribution in [3.05, 3.63) is 29.8 Å². The van der Waals surface area contributed by atoms with Gasteiger partial charge in [-0.1, -0.05) is 26.0 Å². The van der Waals surface area contributed by atoms with E-state index in [1.807, 2.05) is 26.0 Å². The number of hydrogen-bond donors (Lipinski definition) is 2. The molecule has 2 rings (SSSR count). The van der Waals surface area contributed by atoms with E-state index in [2.05, 4.69) is 22.3 Å². The lowest BCUT2D eigenvalue weighted by molar-refractivity contribution is -0.117. The first-order valence-corrected chi connectivity index (χ1v) is 7.08. The van der Waals surface area contributed by atoms with Gasteiger partial charge >= 0.3 is 0 Å². The molecular formula is C15H25N3O. The highest BCUT2D eigenvalue weighted by atomic mass is 16.1. The highest BCUT2D eigenvalue weighted by Gasteiger charge is 2.09. The fraction of sp³-hybridized carbons (Fsp3) is 0.533. The van der Waals surface area contributed by atoms with E-state index in [-0.39, 0.29) is 5.91 Å². The van der Waals surface area contributed by atoms with E-state index in [4.69, 9.17) is 5.73 Å². The average molecular weight is 263 g/mol. The molecule has 0 aliphatic carbocycles. The van der Waals surface area contributed by atoms with Gasteiger partial charge in [0.25, 0.3) is 0 Å². The zero-order valence-electron chi connectivity index (χ0n) is 12.0. The van der Waals surface area contributed by atoms with Gasteiger partial charge in [-0.15, -0.1) is 0 Å². The summed E-state index contributed by atoms with van der Waals surface area (Å²) in [5.74, 6) is -0.281. The molecule has 0 spiro atoms. The fourth-order valence-corrected chi connectivity index (χ4v) is 2.13. The predicted octanol–water partition coefficient (Wildman–Crippen LogP) is 1.54. The molecule has 0 aromatic heterocycles. The molecule has 1 fully saturated rings. The van der Waals surface area contributed by atoms with Gasteiger partial charge in [0.1, 0.15) is 0 Å². The Balaban J connectivity index is 0.000000861. The zero-order valence-corrected chi connectivity index (χ0v) is 12.0. The minimum Gasteiger partial charge on any atom is -0.370 e. The summed E-state index contributed by atoms with van der Waals surface area (Å²) in [7, 11) is 0.